The molecule has 0 aliphatic carbocycles. The fourth-order valence-corrected chi connectivity index (χ4v) is 3.08. The average Bonchev–Trinajstić information content (AvgIpc) is 3.27. The zero-order chi connectivity index (χ0) is 18.5. The van der Waals surface area contributed by atoms with Gasteiger partial charge >= 0.3 is 0 Å². The van der Waals surface area contributed by atoms with Crippen LogP contribution in [0.3, 0.4) is 0 Å². The second-order valence-electron chi connectivity index (χ2n) is 5.17. The third-order valence-electron chi connectivity index (χ3n) is 3.35. The number of hydrazone groups is 1. The van der Waals surface area contributed by atoms with Crippen molar-refractivity contribution in [3.8, 4) is 11.3 Å². The second-order valence-corrected chi connectivity index (χ2v) is 6.61. The van der Waals surface area contributed by atoms with Gasteiger partial charge in [0.1, 0.15) is 11.5 Å². The number of nitrogens with zero attached hydrogens (tertiary/aromatic N) is 2. The van der Waals surface area contributed by atoms with Crippen LogP contribution >= 0.6 is 22.9 Å². The molecule has 1 N–H and O–H groups in total. The SMILES string of the molecule is O=C(Cc1cccs1)N/N=C\c1ccc(-c2cc([N+](=O)[O-])ccc2Cl)o1. The lowest BCUT2D eigenvalue weighted by molar-refractivity contribution is -0.384. The zero-order valence-electron chi connectivity index (χ0n) is 13.2. The van der Waals surface area contributed by atoms with Crippen molar-refractivity contribution in [2.75, 3.05) is 0 Å². The van der Waals surface area contributed by atoms with E-state index in [2.05, 4.69) is 10.5 Å². The van der Waals surface area contributed by atoms with Crippen LogP contribution in [0.1, 0.15) is 10.6 Å². The number of rotatable bonds is 6. The van der Waals surface area contributed by atoms with Gasteiger partial charge in [-0.1, -0.05) is 17.7 Å². The lowest BCUT2D eigenvalue weighted by Gasteiger charge is -2.00. The Balaban J connectivity index is 1.67. The van der Waals surface area contributed by atoms with Crippen LogP contribution in [0.15, 0.2) is 57.4 Å². The number of carbonyl (C=O) groups is 1. The molecule has 0 atom stereocenters. The number of halogens is 1. The monoisotopic (exact) mass is 389 g/mol. The Hall–Kier alpha value is -2.97. The normalized spacial score (nSPS) is 11.0. The van der Waals surface area contributed by atoms with E-state index in [-0.39, 0.29) is 18.0 Å². The number of benzene rings is 1. The number of nitro benzene ring substituents is 1. The van der Waals surface area contributed by atoms with E-state index >= 15 is 0 Å². The van der Waals surface area contributed by atoms with Crippen molar-refractivity contribution >= 4 is 40.7 Å². The lowest BCUT2D eigenvalue weighted by atomic mass is 10.1. The van der Waals surface area contributed by atoms with E-state index in [4.69, 9.17) is 16.0 Å². The summed E-state index contributed by atoms with van der Waals surface area (Å²) in [5.74, 6) is 0.501. The molecule has 0 bridgehead atoms. The molecule has 0 spiro atoms. The molecule has 3 aromatic rings. The summed E-state index contributed by atoms with van der Waals surface area (Å²) in [4.78, 5) is 23.1. The first-order valence-corrected chi connectivity index (χ1v) is 8.67. The van der Waals surface area contributed by atoms with Gasteiger partial charge in [-0.3, -0.25) is 14.9 Å². The minimum absolute atomic E-state index is 0.0862. The highest BCUT2D eigenvalue weighted by atomic mass is 35.5. The van der Waals surface area contributed by atoms with Gasteiger partial charge in [-0.2, -0.15) is 5.10 Å². The van der Waals surface area contributed by atoms with Crippen LogP contribution in [-0.2, 0) is 11.2 Å². The third-order valence-corrected chi connectivity index (χ3v) is 4.55. The van der Waals surface area contributed by atoms with Crippen LogP contribution < -0.4 is 5.43 Å². The van der Waals surface area contributed by atoms with Gasteiger partial charge in [-0.15, -0.1) is 11.3 Å². The van der Waals surface area contributed by atoms with E-state index in [9.17, 15) is 14.9 Å². The van der Waals surface area contributed by atoms with Crippen LogP contribution in [0.25, 0.3) is 11.3 Å². The highest BCUT2D eigenvalue weighted by Gasteiger charge is 2.14. The van der Waals surface area contributed by atoms with E-state index in [1.807, 2.05) is 17.5 Å². The van der Waals surface area contributed by atoms with Gasteiger partial charge in [-0.25, -0.2) is 5.43 Å². The van der Waals surface area contributed by atoms with E-state index in [0.29, 0.717) is 22.1 Å². The first-order chi connectivity index (χ1) is 12.5. The van der Waals surface area contributed by atoms with Gasteiger partial charge in [0.15, 0.2) is 0 Å². The standard InChI is InChI=1S/C17H12ClN3O4S/c18-15-5-3-11(21(23)24)8-14(15)16-6-4-12(25-16)10-19-20-17(22)9-13-2-1-7-26-13/h1-8,10H,9H2,(H,20,22)/b19-10-. The summed E-state index contributed by atoms with van der Waals surface area (Å²) in [5, 5.41) is 17.0. The average molecular weight is 390 g/mol. The number of non-ortho nitro benzene ring substituents is 1. The molecule has 26 heavy (non-hydrogen) atoms. The maximum absolute atomic E-state index is 11.7. The molecule has 132 valence electrons. The summed E-state index contributed by atoms with van der Waals surface area (Å²) in [5.41, 5.74) is 2.73. The summed E-state index contributed by atoms with van der Waals surface area (Å²) in [6, 6.07) is 11.1. The van der Waals surface area contributed by atoms with E-state index in [1.165, 1.54) is 35.8 Å². The summed E-state index contributed by atoms with van der Waals surface area (Å²) in [6.45, 7) is 0. The van der Waals surface area contributed by atoms with Crippen LogP contribution in [0.5, 0.6) is 0 Å². The molecule has 0 aliphatic heterocycles. The smallest absolute Gasteiger partial charge is 0.270 e. The van der Waals surface area contributed by atoms with Crippen molar-refractivity contribution in [2.24, 2.45) is 5.10 Å². The molecule has 0 saturated heterocycles. The predicted molar refractivity (Wildman–Crippen MR) is 99.6 cm³/mol. The number of hydrogen-bond acceptors (Lipinski definition) is 6. The van der Waals surface area contributed by atoms with Gasteiger partial charge < -0.3 is 4.42 Å². The molecule has 0 aliphatic rings. The number of nitro groups is 1. The molecule has 0 unspecified atom stereocenters. The Morgan fingerprint density at radius 2 is 2.19 bits per heavy atom. The topological polar surface area (TPSA) is 97.7 Å². The number of thiophene rings is 1. The molecular weight excluding hydrogens is 378 g/mol. The van der Waals surface area contributed by atoms with E-state index in [0.717, 1.165) is 4.88 Å². The van der Waals surface area contributed by atoms with Crippen molar-refractivity contribution in [3.05, 3.63) is 73.6 Å². The van der Waals surface area contributed by atoms with Gasteiger partial charge in [0.05, 0.1) is 22.6 Å². The summed E-state index contributed by atoms with van der Waals surface area (Å²) >= 11 is 7.58. The first-order valence-electron chi connectivity index (χ1n) is 7.41. The summed E-state index contributed by atoms with van der Waals surface area (Å²) in [7, 11) is 0. The fourth-order valence-electron chi connectivity index (χ4n) is 2.16. The van der Waals surface area contributed by atoms with Crippen LogP contribution in [0, 0.1) is 10.1 Å². The molecule has 0 radical (unpaired) electrons. The number of hydrogen-bond donors (Lipinski definition) is 1. The molecule has 2 heterocycles. The van der Waals surface area contributed by atoms with Crippen molar-refractivity contribution in [3.63, 3.8) is 0 Å². The molecule has 1 aromatic carbocycles. The fraction of sp³-hybridized carbons (Fsp3) is 0.0588. The first kappa shape index (κ1) is 17.8. The number of carbonyl (C=O) groups excluding carboxylic acids is 1. The molecule has 0 saturated carbocycles. The molecular formula is C17H12ClN3O4S. The Labute approximate surface area is 157 Å². The van der Waals surface area contributed by atoms with Crippen molar-refractivity contribution < 1.29 is 14.1 Å². The maximum atomic E-state index is 11.7. The van der Waals surface area contributed by atoms with Crippen LogP contribution in [0.4, 0.5) is 5.69 Å². The highest BCUT2D eigenvalue weighted by molar-refractivity contribution is 7.10. The second kappa shape index (κ2) is 7.94. The summed E-state index contributed by atoms with van der Waals surface area (Å²) in [6.07, 6.45) is 1.60. The van der Waals surface area contributed by atoms with Crippen LogP contribution in [0.2, 0.25) is 5.02 Å². The van der Waals surface area contributed by atoms with Gasteiger partial charge in [0.25, 0.3) is 5.69 Å². The Kier molecular flexibility index (Phi) is 5.45. The van der Waals surface area contributed by atoms with Crippen LogP contribution in [-0.4, -0.2) is 17.0 Å². The third kappa shape index (κ3) is 4.35. The van der Waals surface area contributed by atoms with Crippen molar-refractivity contribution in [1.29, 1.82) is 0 Å². The molecule has 0 fully saturated rings. The largest absolute Gasteiger partial charge is 0.455 e. The number of furan rings is 1. The Bertz CT molecular complexity index is 966. The van der Waals surface area contributed by atoms with Crippen molar-refractivity contribution in [1.82, 2.24) is 5.43 Å². The Morgan fingerprint density at radius 3 is 2.92 bits per heavy atom. The lowest BCUT2D eigenvalue weighted by Crippen LogP contribution is -2.19. The minimum atomic E-state index is -0.506. The molecule has 2 aromatic heterocycles. The van der Waals surface area contributed by atoms with Gasteiger partial charge in [0.2, 0.25) is 5.91 Å². The van der Waals surface area contributed by atoms with E-state index < -0.39 is 4.92 Å². The molecule has 3 rings (SSSR count). The van der Waals surface area contributed by atoms with Gasteiger partial charge in [0, 0.05) is 22.6 Å². The quantitative estimate of drug-likeness (QED) is 0.387. The van der Waals surface area contributed by atoms with E-state index in [1.54, 1.807) is 12.1 Å². The molecule has 7 nitrogen and oxygen atoms in total. The minimum Gasteiger partial charge on any atom is -0.455 e. The number of nitrogens with one attached hydrogen (secondary N) is 1. The summed E-state index contributed by atoms with van der Waals surface area (Å²) < 4.78 is 5.57. The van der Waals surface area contributed by atoms with Crippen molar-refractivity contribution in [2.45, 2.75) is 6.42 Å². The maximum Gasteiger partial charge on any atom is 0.270 e. The predicted octanol–water partition coefficient (Wildman–Crippen LogP) is 4.26. The highest BCUT2D eigenvalue weighted by Crippen LogP contribution is 2.32. The molecule has 1 amide bonds. The Morgan fingerprint density at radius 1 is 1.35 bits per heavy atom. The van der Waals surface area contributed by atoms with Gasteiger partial charge in [-0.05, 0) is 29.6 Å². The number of amides is 1. The zero-order valence-corrected chi connectivity index (χ0v) is 14.8. The molecule has 9 heteroatoms.